The molecule has 0 spiro atoms. The molecule has 0 bridgehead atoms. The molecule has 5 N–H and O–H groups in total. The largest absolute Gasteiger partial charge is 0.394 e. The summed E-state index contributed by atoms with van der Waals surface area (Å²) in [5.41, 5.74) is 0. The minimum Gasteiger partial charge on any atom is -0.394 e. The van der Waals surface area contributed by atoms with Gasteiger partial charge in [-0.2, -0.15) is 0 Å². The van der Waals surface area contributed by atoms with E-state index in [2.05, 4.69) is 21.3 Å². The molecule has 14 heteroatoms. The van der Waals surface area contributed by atoms with E-state index in [1.807, 2.05) is 0 Å². The van der Waals surface area contributed by atoms with Crippen molar-refractivity contribution in [2.24, 2.45) is 0 Å². The van der Waals surface area contributed by atoms with Gasteiger partial charge in [0.25, 0.3) is 0 Å². The highest BCUT2D eigenvalue weighted by Crippen LogP contribution is 1.97. The van der Waals surface area contributed by atoms with E-state index in [9.17, 15) is 24.0 Å². The van der Waals surface area contributed by atoms with Crippen molar-refractivity contribution in [3.8, 4) is 0 Å². The Hall–Kier alpha value is -2.81. The lowest BCUT2D eigenvalue weighted by Crippen LogP contribution is -2.48. The second kappa shape index (κ2) is 23.1. The first kappa shape index (κ1) is 36.2. The molecule has 14 nitrogen and oxygen atoms in total. The molecule has 5 amide bonds. The second-order valence-corrected chi connectivity index (χ2v) is 9.20. The topological polar surface area (TPSA) is 185 Å². The third-order valence-corrected chi connectivity index (χ3v) is 4.71. The highest BCUT2D eigenvalue weighted by atomic mass is 16.5. The van der Waals surface area contributed by atoms with E-state index in [-0.39, 0.29) is 108 Å². The van der Waals surface area contributed by atoms with E-state index >= 15 is 0 Å². The van der Waals surface area contributed by atoms with E-state index in [4.69, 9.17) is 19.3 Å². The molecule has 0 atom stereocenters. The number of ether oxygens (including phenoxy) is 3. The van der Waals surface area contributed by atoms with Crippen molar-refractivity contribution in [1.29, 1.82) is 0 Å². The van der Waals surface area contributed by atoms with Crippen LogP contribution in [-0.4, -0.2) is 124 Å². The summed E-state index contributed by atoms with van der Waals surface area (Å²) in [6, 6.07) is -0.205. The zero-order chi connectivity index (χ0) is 29.5. The van der Waals surface area contributed by atoms with Gasteiger partial charge in [0.2, 0.25) is 29.5 Å². The number of carbonyl (C=O) groups is 5. The average Bonchev–Trinajstić information content (AvgIpc) is 2.84. The number of amides is 5. The van der Waals surface area contributed by atoms with Crippen LogP contribution >= 0.6 is 0 Å². The van der Waals surface area contributed by atoms with Crippen LogP contribution in [0, 0.1) is 0 Å². The first-order chi connectivity index (χ1) is 18.5. The Morgan fingerprint density at radius 3 is 1.56 bits per heavy atom. The fourth-order valence-electron chi connectivity index (χ4n) is 3.04. The van der Waals surface area contributed by atoms with Gasteiger partial charge < -0.3 is 45.5 Å². The molecule has 0 aromatic carbocycles. The molecule has 226 valence electrons. The van der Waals surface area contributed by atoms with Gasteiger partial charge in [0.15, 0.2) is 0 Å². The number of aliphatic hydroxyl groups excluding tert-OH is 1. The lowest BCUT2D eigenvalue weighted by molar-refractivity contribution is -0.139. The quantitative estimate of drug-likeness (QED) is 0.0908. The van der Waals surface area contributed by atoms with Crippen LogP contribution in [0.5, 0.6) is 0 Å². The fraction of sp³-hybridized carbons (Fsp3) is 0.800. The molecule has 0 heterocycles. The zero-order valence-corrected chi connectivity index (χ0v) is 23.7. The van der Waals surface area contributed by atoms with Crippen LogP contribution in [0.25, 0.3) is 0 Å². The maximum Gasteiger partial charge on any atom is 0.239 e. The van der Waals surface area contributed by atoms with Gasteiger partial charge in [0.05, 0.1) is 46.2 Å². The van der Waals surface area contributed by atoms with Gasteiger partial charge in [-0.1, -0.05) is 0 Å². The van der Waals surface area contributed by atoms with Gasteiger partial charge in [-0.25, -0.2) is 0 Å². The number of aliphatic hydroxyl groups is 1. The third-order valence-electron chi connectivity index (χ3n) is 4.71. The number of nitrogens with one attached hydrogen (secondary N) is 4. The molecular weight excluding hydrogens is 514 g/mol. The molecule has 0 fully saturated rings. The molecule has 0 radical (unpaired) electrons. The number of hydrogen-bond donors (Lipinski definition) is 5. The SMILES string of the molecule is CC(C)NC(=O)CN(CC(=O)NC(C)C)C(=O)CCNC(=O)CCOCCOCCNC(=O)CCOCCO. The van der Waals surface area contributed by atoms with Crippen molar-refractivity contribution in [1.82, 2.24) is 26.2 Å². The molecular formula is C25H47N5O9. The molecule has 0 aromatic rings. The standard InChI is InChI=1S/C25H47N5O9/c1-19(2)28-23(34)17-30(18-24(35)29-20(3)4)25(36)5-8-26-21(32)7-12-38-15-16-39-13-9-27-22(33)6-11-37-14-10-31/h19-20,31H,5-18H2,1-4H3,(H,26,32)(H,27,33)(H,28,34)(H,29,35). The normalized spacial score (nSPS) is 10.8. The number of hydrogen-bond acceptors (Lipinski definition) is 9. The Labute approximate surface area is 230 Å². The Morgan fingerprint density at radius 2 is 1.08 bits per heavy atom. The summed E-state index contributed by atoms with van der Waals surface area (Å²) in [6.45, 7) is 8.54. The maximum atomic E-state index is 12.6. The van der Waals surface area contributed by atoms with Crippen molar-refractivity contribution in [3.05, 3.63) is 0 Å². The zero-order valence-electron chi connectivity index (χ0n) is 23.7. The van der Waals surface area contributed by atoms with Gasteiger partial charge in [-0.3, -0.25) is 24.0 Å². The molecule has 39 heavy (non-hydrogen) atoms. The number of carbonyl (C=O) groups excluding carboxylic acids is 5. The molecule has 0 aromatic heterocycles. The molecule has 0 saturated carbocycles. The third kappa shape index (κ3) is 22.8. The maximum absolute atomic E-state index is 12.6. The van der Waals surface area contributed by atoms with Crippen LogP contribution in [0.1, 0.15) is 47.0 Å². The monoisotopic (exact) mass is 561 g/mol. The Morgan fingerprint density at radius 1 is 0.615 bits per heavy atom. The van der Waals surface area contributed by atoms with Crippen LogP contribution < -0.4 is 21.3 Å². The first-order valence-corrected chi connectivity index (χ1v) is 13.3. The van der Waals surface area contributed by atoms with Crippen LogP contribution in [0.15, 0.2) is 0 Å². The van der Waals surface area contributed by atoms with Crippen molar-refractivity contribution in [2.75, 3.05) is 72.4 Å². The molecule has 0 saturated heterocycles. The fourth-order valence-corrected chi connectivity index (χ4v) is 3.04. The smallest absolute Gasteiger partial charge is 0.239 e. The van der Waals surface area contributed by atoms with Gasteiger partial charge in [0, 0.05) is 44.4 Å². The Kier molecular flexibility index (Phi) is 21.4. The summed E-state index contributed by atoms with van der Waals surface area (Å²) in [4.78, 5) is 61.6. The lowest BCUT2D eigenvalue weighted by Gasteiger charge is -2.23. The van der Waals surface area contributed by atoms with Gasteiger partial charge >= 0.3 is 0 Å². The predicted molar refractivity (Wildman–Crippen MR) is 143 cm³/mol. The van der Waals surface area contributed by atoms with Gasteiger partial charge in [-0.05, 0) is 27.7 Å². The summed E-state index contributed by atoms with van der Waals surface area (Å²) in [5, 5.41) is 19.3. The van der Waals surface area contributed by atoms with Crippen molar-refractivity contribution in [3.63, 3.8) is 0 Å². The Balaban J connectivity index is 4.05. The molecule has 0 aliphatic heterocycles. The van der Waals surface area contributed by atoms with Crippen molar-refractivity contribution >= 4 is 29.5 Å². The van der Waals surface area contributed by atoms with E-state index < -0.39 is 5.91 Å². The minimum atomic E-state index is -0.423. The van der Waals surface area contributed by atoms with Crippen LogP contribution in [0.4, 0.5) is 0 Å². The second-order valence-electron chi connectivity index (χ2n) is 9.20. The van der Waals surface area contributed by atoms with Crippen molar-refractivity contribution in [2.45, 2.75) is 59.0 Å². The van der Waals surface area contributed by atoms with Crippen molar-refractivity contribution < 1.29 is 43.3 Å². The molecule has 0 aliphatic carbocycles. The van der Waals surface area contributed by atoms with Gasteiger partial charge in [-0.15, -0.1) is 0 Å². The van der Waals surface area contributed by atoms with Gasteiger partial charge in [0.1, 0.15) is 13.1 Å². The molecule has 0 aliphatic rings. The highest BCUT2D eigenvalue weighted by molar-refractivity contribution is 5.89. The number of rotatable bonds is 23. The summed E-state index contributed by atoms with van der Waals surface area (Å²) >= 11 is 0. The van der Waals surface area contributed by atoms with E-state index in [0.29, 0.717) is 19.8 Å². The van der Waals surface area contributed by atoms with Crippen LogP contribution in [0.3, 0.4) is 0 Å². The first-order valence-electron chi connectivity index (χ1n) is 13.3. The lowest BCUT2D eigenvalue weighted by atomic mass is 10.3. The molecule has 0 rings (SSSR count). The van der Waals surface area contributed by atoms with E-state index in [1.54, 1.807) is 27.7 Å². The van der Waals surface area contributed by atoms with E-state index in [1.165, 1.54) is 4.90 Å². The van der Waals surface area contributed by atoms with Crippen LogP contribution in [-0.2, 0) is 38.2 Å². The van der Waals surface area contributed by atoms with Crippen LogP contribution in [0.2, 0.25) is 0 Å². The highest BCUT2D eigenvalue weighted by Gasteiger charge is 2.21. The summed E-state index contributed by atoms with van der Waals surface area (Å²) < 4.78 is 15.7. The Bertz CT molecular complexity index is 711. The predicted octanol–water partition coefficient (Wildman–Crippen LogP) is -1.69. The summed E-state index contributed by atoms with van der Waals surface area (Å²) in [7, 11) is 0. The minimum absolute atomic E-state index is 0.0590. The average molecular weight is 562 g/mol. The summed E-state index contributed by atoms with van der Waals surface area (Å²) in [6.07, 6.45) is 0.249. The van der Waals surface area contributed by atoms with E-state index in [0.717, 1.165) is 0 Å². The number of nitrogens with zero attached hydrogens (tertiary/aromatic N) is 1. The molecule has 0 unspecified atom stereocenters. The summed E-state index contributed by atoms with van der Waals surface area (Å²) in [5.74, 6) is -1.62.